The standard InChI is InChI=1S/C14H11Cl2N3O/c15-9-5-11(16)10-3-4-19(12(10)6-9)7-13-17-14(20-18-13)8-1-2-8/h3-6,8H,1-2,7H2. The quantitative estimate of drug-likeness (QED) is 0.726. The van der Waals surface area contributed by atoms with E-state index in [1.165, 1.54) is 0 Å². The maximum atomic E-state index is 6.19. The summed E-state index contributed by atoms with van der Waals surface area (Å²) in [5.41, 5.74) is 0.972. The average Bonchev–Trinajstić information content (AvgIpc) is 3.03. The van der Waals surface area contributed by atoms with Crippen LogP contribution in [0.4, 0.5) is 0 Å². The molecule has 0 radical (unpaired) electrons. The second-order valence-electron chi connectivity index (χ2n) is 5.09. The number of aromatic nitrogens is 3. The summed E-state index contributed by atoms with van der Waals surface area (Å²) in [6.45, 7) is 0.552. The van der Waals surface area contributed by atoms with Crippen LogP contribution in [0.15, 0.2) is 28.9 Å². The van der Waals surface area contributed by atoms with Gasteiger partial charge >= 0.3 is 0 Å². The number of hydrogen-bond donors (Lipinski definition) is 0. The van der Waals surface area contributed by atoms with E-state index < -0.39 is 0 Å². The van der Waals surface area contributed by atoms with E-state index in [1.54, 1.807) is 6.07 Å². The van der Waals surface area contributed by atoms with Crippen LogP contribution in [0.2, 0.25) is 10.0 Å². The zero-order valence-corrected chi connectivity index (χ0v) is 12.0. The first kappa shape index (κ1) is 12.2. The van der Waals surface area contributed by atoms with Gasteiger partial charge in [-0.25, -0.2) is 0 Å². The summed E-state index contributed by atoms with van der Waals surface area (Å²) >= 11 is 12.2. The zero-order valence-electron chi connectivity index (χ0n) is 10.5. The van der Waals surface area contributed by atoms with Gasteiger partial charge in [0.05, 0.1) is 17.1 Å². The Balaban J connectivity index is 1.70. The third-order valence-corrected chi connectivity index (χ3v) is 4.06. The van der Waals surface area contributed by atoms with Crippen molar-refractivity contribution in [2.24, 2.45) is 0 Å². The number of rotatable bonds is 3. The van der Waals surface area contributed by atoms with Crippen molar-refractivity contribution in [2.45, 2.75) is 25.3 Å². The molecule has 0 saturated heterocycles. The molecule has 1 aromatic carbocycles. The van der Waals surface area contributed by atoms with E-state index >= 15 is 0 Å². The van der Waals surface area contributed by atoms with Gasteiger partial charge in [-0.05, 0) is 31.0 Å². The molecule has 1 fully saturated rings. The highest BCUT2D eigenvalue weighted by Crippen LogP contribution is 2.39. The average molecular weight is 308 g/mol. The van der Waals surface area contributed by atoms with Crippen LogP contribution < -0.4 is 0 Å². The fourth-order valence-corrected chi connectivity index (χ4v) is 2.88. The van der Waals surface area contributed by atoms with Gasteiger partial charge in [0.15, 0.2) is 5.82 Å². The minimum atomic E-state index is 0.474. The number of nitrogens with zero attached hydrogens (tertiary/aromatic N) is 3. The zero-order chi connectivity index (χ0) is 13.7. The van der Waals surface area contributed by atoms with Gasteiger partial charge in [0, 0.05) is 22.5 Å². The molecule has 20 heavy (non-hydrogen) atoms. The van der Waals surface area contributed by atoms with Crippen LogP contribution >= 0.6 is 23.2 Å². The summed E-state index contributed by atoms with van der Waals surface area (Å²) in [5, 5.41) is 6.28. The molecule has 4 rings (SSSR count). The van der Waals surface area contributed by atoms with Crippen molar-refractivity contribution in [3.8, 4) is 0 Å². The van der Waals surface area contributed by atoms with E-state index in [4.69, 9.17) is 27.7 Å². The van der Waals surface area contributed by atoms with E-state index in [0.717, 1.165) is 29.6 Å². The molecule has 0 aliphatic heterocycles. The molecular formula is C14H11Cl2N3O. The largest absolute Gasteiger partial charge is 0.340 e. The van der Waals surface area contributed by atoms with Gasteiger partial charge < -0.3 is 9.09 Å². The fraction of sp³-hybridized carbons (Fsp3) is 0.286. The van der Waals surface area contributed by atoms with Gasteiger partial charge in [0.2, 0.25) is 5.89 Å². The Morgan fingerprint density at radius 3 is 2.95 bits per heavy atom. The van der Waals surface area contributed by atoms with Crippen LogP contribution in [0.25, 0.3) is 10.9 Å². The Hall–Kier alpha value is -1.52. The minimum Gasteiger partial charge on any atom is -0.340 e. The van der Waals surface area contributed by atoms with E-state index in [1.807, 2.05) is 22.9 Å². The first-order valence-electron chi connectivity index (χ1n) is 6.47. The lowest BCUT2D eigenvalue weighted by atomic mass is 10.2. The number of benzene rings is 1. The fourth-order valence-electron chi connectivity index (χ4n) is 2.34. The Labute approximate surface area is 125 Å². The van der Waals surface area contributed by atoms with Crippen LogP contribution in [-0.2, 0) is 6.54 Å². The van der Waals surface area contributed by atoms with Gasteiger partial charge in [0.1, 0.15) is 0 Å². The van der Waals surface area contributed by atoms with Crippen molar-refractivity contribution in [1.29, 1.82) is 0 Å². The van der Waals surface area contributed by atoms with Crippen LogP contribution in [0, 0.1) is 0 Å². The summed E-state index contributed by atoms with van der Waals surface area (Å²) in [5.74, 6) is 1.91. The molecule has 1 aliphatic rings. The number of halogens is 2. The van der Waals surface area contributed by atoms with Gasteiger partial charge in [-0.15, -0.1) is 0 Å². The van der Waals surface area contributed by atoms with Crippen molar-refractivity contribution in [1.82, 2.24) is 14.7 Å². The number of hydrogen-bond acceptors (Lipinski definition) is 3. The molecule has 2 aromatic heterocycles. The van der Waals surface area contributed by atoms with Gasteiger partial charge in [-0.1, -0.05) is 28.4 Å². The molecule has 0 N–H and O–H groups in total. The predicted octanol–water partition coefficient (Wildman–Crippen LogP) is 4.26. The third kappa shape index (κ3) is 2.09. The lowest BCUT2D eigenvalue weighted by molar-refractivity contribution is 0.373. The van der Waals surface area contributed by atoms with Gasteiger partial charge in [0.25, 0.3) is 0 Å². The SMILES string of the molecule is Clc1cc(Cl)c2ccn(Cc3noc(C4CC4)n3)c2c1. The van der Waals surface area contributed by atoms with E-state index in [-0.39, 0.29) is 0 Å². The highest BCUT2D eigenvalue weighted by molar-refractivity contribution is 6.38. The topological polar surface area (TPSA) is 43.9 Å². The summed E-state index contributed by atoms with van der Waals surface area (Å²) in [6.07, 6.45) is 4.26. The summed E-state index contributed by atoms with van der Waals surface area (Å²) < 4.78 is 7.29. The molecule has 1 aliphatic carbocycles. The Kier molecular flexibility index (Phi) is 2.75. The second kappa shape index (κ2) is 4.50. The monoisotopic (exact) mass is 307 g/mol. The predicted molar refractivity (Wildman–Crippen MR) is 77.3 cm³/mol. The summed E-state index contributed by atoms with van der Waals surface area (Å²) in [4.78, 5) is 4.43. The van der Waals surface area contributed by atoms with E-state index in [0.29, 0.717) is 28.3 Å². The molecule has 0 unspecified atom stereocenters. The normalized spacial score (nSPS) is 15.1. The molecule has 1 saturated carbocycles. The Morgan fingerprint density at radius 2 is 2.15 bits per heavy atom. The molecule has 4 nitrogen and oxygen atoms in total. The van der Waals surface area contributed by atoms with Crippen LogP contribution in [0.1, 0.15) is 30.5 Å². The van der Waals surface area contributed by atoms with Crippen LogP contribution in [0.5, 0.6) is 0 Å². The number of fused-ring (bicyclic) bond motifs is 1. The molecule has 6 heteroatoms. The lowest BCUT2D eigenvalue weighted by Crippen LogP contribution is -2.00. The first-order valence-corrected chi connectivity index (χ1v) is 7.22. The van der Waals surface area contributed by atoms with Crippen molar-refractivity contribution in [2.75, 3.05) is 0 Å². The Bertz CT molecular complexity index is 789. The first-order chi connectivity index (χ1) is 9.70. The van der Waals surface area contributed by atoms with Crippen molar-refractivity contribution >= 4 is 34.1 Å². The molecule has 0 spiro atoms. The molecule has 0 amide bonds. The molecule has 0 atom stereocenters. The molecule has 3 aromatic rings. The maximum Gasteiger partial charge on any atom is 0.229 e. The highest BCUT2D eigenvalue weighted by Gasteiger charge is 2.29. The smallest absolute Gasteiger partial charge is 0.229 e. The minimum absolute atomic E-state index is 0.474. The van der Waals surface area contributed by atoms with Crippen molar-refractivity contribution in [3.05, 3.63) is 46.2 Å². The molecule has 0 bridgehead atoms. The third-order valence-electron chi connectivity index (χ3n) is 3.53. The second-order valence-corrected chi connectivity index (χ2v) is 5.93. The van der Waals surface area contributed by atoms with Crippen LogP contribution in [0.3, 0.4) is 0 Å². The molecule has 2 heterocycles. The summed E-state index contributed by atoms with van der Waals surface area (Å²) in [6, 6.07) is 5.61. The molecule has 102 valence electrons. The molecular weight excluding hydrogens is 297 g/mol. The van der Waals surface area contributed by atoms with E-state index in [9.17, 15) is 0 Å². The van der Waals surface area contributed by atoms with E-state index in [2.05, 4.69) is 10.1 Å². The van der Waals surface area contributed by atoms with Gasteiger partial charge in [-0.2, -0.15) is 4.98 Å². The summed E-state index contributed by atoms with van der Waals surface area (Å²) in [7, 11) is 0. The van der Waals surface area contributed by atoms with Crippen molar-refractivity contribution in [3.63, 3.8) is 0 Å². The van der Waals surface area contributed by atoms with Crippen molar-refractivity contribution < 1.29 is 4.52 Å². The van der Waals surface area contributed by atoms with Crippen LogP contribution in [-0.4, -0.2) is 14.7 Å². The lowest BCUT2D eigenvalue weighted by Gasteiger charge is -2.03. The maximum absolute atomic E-state index is 6.19. The van der Waals surface area contributed by atoms with Gasteiger partial charge in [-0.3, -0.25) is 0 Å². The Morgan fingerprint density at radius 1 is 1.30 bits per heavy atom. The highest BCUT2D eigenvalue weighted by atomic mass is 35.5.